The fraction of sp³-hybridized carbons (Fsp3) is 0.625. The summed E-state index contributed by atoms with van der Waals surface area (Å²) in [6, 6.07) is 4.32. The lowest BCUT2D eigenvalue weighted by atomic mass is 9.87. The maximum Gasteiger partial charge on any atom is 0.191 e. The summed E-state index contributed by atoms with van der Waals surface area (Å²) in [7, 11) is 1.81. The summed E-state index contributed by atoms with van der Waals surface area (Å²) in [5.74, 6) is 2.47. The number of nitrogens with one attached hydrogen (secondary N) is 2. The van der Waals surface area contributed by atoms with Crippen molar-refractivity contribution in [1.82, 2.24) is 15.6 Å². The molecule has 0 spiro atoms. The molecule has 2 N–H and O–H groups in total. The summed E-state index contributed by atoms with van der Waals surface area (Å²) in [6.07, 6.45) is 8.58. The number of hydrogen-bond acceptors (Lipinski definition) is 3. The summed E-state index contributed by atoms with van der Waals surface area (Å²) in [5.41, 5.74) is 0. The molecule has 21 heavy (non-hydrogen) atoms. The second-order valence-corrected chi connectivity index (χ2v) is 5.65. The Hall–Kier alpha value is -1.78. The second-order valence-electron chi connectivity index (χ2n) is 5.65. The van der Waals surface area contributed by atoms with Crippen molar-refractivity contribution in [3.05, 3.63) is 24.5 Å². The summed E-state index contributed by atoms with van der Waals surface area (Å²) >= 11 is 0. The van der Waals surface area contributed by atoms with Gasteiger partial charge >= 0.3 is 0 Å². The monoisotopic (exact) mass is 290 g/mol. The SMILES string of the molecule is CN=C(NCCOc1cccnc1)NC1CCCC(C)C1. The molecule has 0 amide bonds. The largest absolute Gasteiger partial charge is 0.490 e. The summed E-state index contributed by atoms with van der Waals surface area (Å²) in [4.78, 5) is 8.30. The van der Waals surface area contributed by atoms with E-state index in [-0.39, 0.29) is 0 Å². The molecule has 0 saturated heterocycles. The number of pyridine rings is 1. The maximum absolute atomic E-state index is 5.60. The van der Waals surface area contributed by atoms with E-state index >= 15 is 0 Å². The van der Waals surface area contributed by atoms with Crippen LogP contribution < -0.4 is 15.4 Å². The van der Waals surface area contributed by atoms with Gasteiger partial charge in [-0.15, -0.1) is 0 Å². The van der Waals surface area contributed by atoms with Gasteiger partial charge in [0, 0.05) is 19.3 Å². The van der Waals surface area contributed by atoms with Crippen LogP contribution in [0.5, 0.6) is 5.75 Å². The van der Waals surface area contributed by atoms with Gasteiger partial charge in [-0.3, -0.25) is 9.98 Å². The molecule has 1 saturated carbocycles. The van der Waals surface area contributed by atoms with Crippen molar-refractivity contribution in [1.29, 1.82) is 0 Å². The molecule has 1 aromatic heterocycles. The molecule has 0 bridgehead atoms. The van der Waals surface area contributed by atoms with E-state index in [0.717, 1.165) is 24.2 Å². The number of aromatic nitrogens is 1. The van der Waals surface area contributed by atoms with Crippen molar-refractivity contribution in [3.8, 4) is 5.75 Å². The molecule has 0 aliphatic heterocycles. The molecule has 5 heteroatoms. The molecule has 1 aliphatic rings. The van der Waals surface area contributed by atoms with E-state index in [1.807, 2.05) is 19.2 Å². The Morgan fingerprint density at radius 2 is 2.38 bits per heavy atom. The zero-order valence-corrected chi connectivity index (χ0v) is 13.0. The number of ether oxygens (including phenoxy) is 1. The Labute approximate surface area is 127 Å². The minimum atomic E-state index is 0.541. The number of hydrogen-bond donors (Lipinski definition) is 2. The Morgan fingerprint density at radius 1 is 1.48 bits per heavy atom. The van der Waals surface area contributed by atoms with Crippen LogP contribution in [0.3, 0.4) is 0 Å². The Balaban J connectivity index is 1.66. The fourth-order valence-corrected chi connectivity index (χ4v) is 2.72. The van der Waals surface area contributed by atoms with Gasteiger partial charge in [-0.05, 0) is 30.9 Å². The number of guanidine groups is 1. The quantitative estimate of drug-likeness (QED) is 0.496. The lowest BCUT2D eigenvalue weighted by Crippen LogP contribution is -2.46. The predicted molar refractivity (Wildman–Crippen MR) is 85.6 cm³/mol. The van der Waals surface area contributed by atoms with Crippen molar-refractivity contribution in [2.45, 2.75) is 38.6 Å². The van der Waals surface area contributed by atoms with Crippen LogP contribution in [-0.4, -0.2) is 37.2 Å². The maximum atomic E-state index is 5.60. The highest BCUT2D eigenvalue weighted by atomic mass is 16.5. The summed E-state index contributed by atoms with van der Waals surface area (Å²) < 4.78 is 5.60. The van der Waals surface area contributed by atoms with Crippen molar-refractivity contribution >= 4 is 5.96 Å². The van der Waals surface area contributed by atoms with Gasteiger partial charge in [-0.1, -0.05) is 19.8 Å². The first-order valence-electron chi connectivity index (χ1n) is 7.78. The van der Waals surface area contributed by atoms with Gasteiger partial charge in [0.1, 0.15) is 12.4 Å². The highest BCUT2D eigenvalue weighted by molar-refractivity contribution is 5.79. The molecule has 2 atom stereocenters. The second kappa shape index (κ2) is 8.49. The average Bonchev–Trinajstić information content (AvgIpc) is 2.51. The molecule has 0 aromatic carbocycles. The Bertz CT molecular complexity index is 435. The normalized spacial score (nSPS) is 22.7. The first kappa shape index (κ1) is 15.6. The third-order valence-corrected chi connectivity index (χ3v) is 3.80. The lowest BCUT2D eigenvalue weighted by Gasteiger charge is -2.28. The number of rotatable bonds is 5. The first-order chi connectivity index (χ1) is 10.3. The van der Waals surface area contributed by atoms with E-state index in [4.69, 9.17) is 4.74 Å². The van der Waals surface area contributed by atoms with Crippen LogP contribution in [0.25, 0.3) is 0 Å². The van der Waals surface area contributed by atoms with Gasteiger partial charge in [0.25, 0.3) is 0 Å². The number of aliphatic imine (C=N–C) groups is 1. The topological polar surface area (TPSA) is 58.5 Å². The van der Waals surface area contributed by atoms with Crippen LogP contribution in [0.1, 0.15) is 32.6 Å². The zero-order valence-electron chi connectivity index (χ0n) is 13.0. The van der Waals surface area contributed by atoms with Gasteiger partial charge in [0.05, 0.1) is 12.7 Å². The van der Waals surface area contributed by atoms with E-state index in [1.165, 1.54) is 25.7 Å². The van der Waals surface area contributed by atoms with Gasteiger partial charge in [0.15, 0.2) is 5.96 Å². The van der Waals surface area contributed by atoms with Crippen molar-refractivity contribution in [2.24, 2.45) is 10.9 Å². The fourth-order valence-electron chi connectivity index (χ4n) is 2.72. The first-order valence-corrected chi connectivity index (χ1v) is 7.78. The van der Waals surface area contributed by atoms with E-state index in [1.54, 1.807) is 12.4 Å². The molecule has 2 unspecified atom stereocenters. The Kier molecular flexibility index (Phi) is 6.31. The standard InChI is InChI=1S/C16H26N4O/c1-13-5-3-6-14(11-13)20-16(17-2)19-9-10-21-15-7-4-8-18-12-15/h4,7-8,12-14H,3,5-6,9-11H2,1-2H3,(H2,17,19,20). The lowest BCUT2D eigenvalue weighted by molar-refractivity contribution is 0.314. The molecule has 1 aliphatic carbocycles. The summed E-state index contributed by atoms with van der Waals surface area (Å²) in [6.45, 7) is 3.63. The number of nitrogens with zero attached hydrogens (tertiary/aromatic N) is 2. The molecule has 2 rings (SSSR count). The zero-order chi connectivity index (χ0) is 14.9. The molecule has 1 aromatic rings. The molecule has 5 nitrogen and oxygen atoms in total. The van der Waals surface area contributed by atoms with E-state index in [9.17, 15) is 0 Å². The van der Waals surface area contributed by atoms with E-state index < -0.39 is 0 Å². The van der Waals surface area contributed by atoms with Crippen LogP contribution in [-0.2, 0) is 0 Å². The third kappa shape index (κ3) is 5.61. The predicted octanol–water partition coefficient (Wildman–Crippen LogP) is 2.20. The van der Waals surface area contributed by atoms with Crippen molar-refractivity contribution in [2.75, 3.05) is 20.2 Å². The molecule has 1 fully saturated rings. The van der Waals surface area contributed by atoms with E-state index in [0.29, 0.717) is 12.6 Å². The van der Waals surface area contributed by atoms with Crippen LogP contribution in [0, 0.1) is 5.92 Å². The van der Waals surface area contributed by atoms with Crippen molar-refractivity contribution < 1.29 is 4.74 Å². The average molecular weight is 290 g/mol. The highest BCUT2D eigenvalue weighted by Gasteiger charge is 2.19. The molecule has 116 valence electrons. The van der Waals surface area contributed by atoms with Crippen LogP contribution in [0.4, 0.5) is 0 Å². The smallest absolute Gasteiger partial charge is 0.191 e. The van der Waals surface area contributed by atoms with Gasteiger partial charge in [-0.2, -0.15) is 0 Å². The molecule has 1 heterocycles. The third-order valence-electron chi connectivity index (χ3n) is 3.80. The Morgan fingerprint density at radius 3 is 3.10 bits per heavy atom. The highest BCUT2D eigenvalue weighted by Crippen LogP contribution is 2.23. The van der Waals surface area contributed by atoms with Gasteiger partial charge < -0.3 is 15.4 Å². The summed E-state index contributed by atoms with van der Waals surface area (Å²) in [5, 5.41) is 6.80. The van der Waals surface area contributed by atoms with Gasteiger partial charge in [-0.25, -0.2) is 0 Å². The van der Waals surface area contributed by atoms with E-state index in [2.05, 4.69) is 27.5 Å². The van der Waals surface area contributed by atoms with Crippen molar-refractivity contribution in [3.63, 3.8) is 0 Å². The molecule has 0 radical (unpaired) electrons. The van der Waals surface area contributed by atoms with Crippen LogP contribution in [0.15, 0.2) is 29.5 Å². The molecular formula is C16H26N4O. The van der Waals surface area contributed by atoms with Crippen LogP contribution in [0.2, 0.25) is 0 Å². The van der Waals surface area contributed by atoms with Crippen LogP contribution >= 0.6 is 0 Å². The molecular weight excluding hydrogens is 264 g/mol. The minimum Gasteiger partial charge on any atom is -0.490 e. The minimum absolute atomic E-state index is 0.541. The van der Waals surface area contributed by atoms with Gasteiger partial charge in [0.2, 0.25) is 0 Å².